The van der Waals surface area contributed by atoms with Crippen LogP contribution in [0.25, 0.3) is 0 Å². The maximum absolute atomic E-state index is 13.0. The van der Waals surface area contributed by atoms with E-state index in [4.69, 9.17) is 4.74 Å². The Hall–Kier alpha value is -2.30. The molecule has 1 saturated heterocycles. The molecule has 5 heteroatoms. The van der Waals surface area contributed by atoms with Crippen LogP contribution >= 0.6 is 0 Å². The summed E-state index contributed by atoms with van der Waals surface area (Å²) in [5.74, 6) is 1.09. The lowest BCUT2D eigenvalue weighted by Gasteiger charge is -2.31. The van der Waals surface area contributed by atoms with Gasteiger partial charge in [-0.1, -0.05) is 18.2 Å². The van der Waals surface area contributed by atoms with Crippen molar-refractivity contribution in [3.05, 3.63) is 47.8 Å². The fraction of sp³-hybridized carbons (Fsp3) is 0.474. The Morgan fingerprint density at radius 3 is 3.08 bits per heavy atom. The number of rotatable bonds is 3. The molecule has 3 heterocycles. The van der Waals surface area contributed by atoms with Gasteiger partial charge >= 0.3 is 0 Å². The molecule has 0 spiro atoms. The molecular weight excluding hydrogens is 302 g/mol. The molecule has 2 aliphatic heterocycles. The normalized spacial score (nSPS) is 23.0. The van der Waals surface area contributed by atoms with Crippen molar-refractivity contribution >= 4 is 5.91 Å². The van der Waals surface area contributed by atoms with E-state index in [1.165, 1.54) is 0 Å². The first-order valence-electron chi connectivity index (χ1n) is 8.71. The van der Waals surface area contributed by atoms with Crippen LogP contribution in [0.5, 0.6) is 5.75 Å². The molecule has 4 rings (SSSR count). The summed E-state index contributed by atoms with van der Waals surface area (Å²) in [7, 11) is 0. The number of hydrogen-bond acceptors (Lipinski definition) is 3. The van der Waals surface area contributed by atoms with Gasteiger partial charge in [0.25, 0.3) is 0 Å². The monoisotopic (exact) mass is 325 g/mol. The second-order valence-corrected chi connectivity index (χ2v) is 6.89. The standard InChI is InChI=1S/C19H23N3O2/c1-14-10-20-21(11-14)12-17-6-4-8-22(17)19(23)16-9-15-5-2-3-7-18(15)24-13-16/h2-3,5,7,10-11,16-17H,4,6,8-9,12-13H2,1H3/t16-,17-/m0/s1. The van der Waals surface area contributed by atoms with Crippen LogP contribution in [-0.2, 0) is 17.8 Å². The molecule has 0 unspecified atom stereocenters. The summed E-state index contributed by atoms with van der Waals surface area (Å²) < 4.78 is 7.77. The summed E-state index contributed by atoms with van der Waals surface area (Å²) in [6.45, 7) is 4.16. The van der Waals surface area contributed by atoms with Crippen molar-refractivity contribution in [3.63, 3.8) is 0 Å². The number of nitrogens with zero attached hydrogens (tertiary/aromatic N) is 3. The van der Waals surface area contributed by atoms with Gasteiger partial charge in [-0.15, -0.1) is 0 Å². The number of ether oxygens (including phenoxy) is 1. The van der Waals surface area contributed by atoms with E-state index < -0.39 is 0 Å². The molecule has 2 atom stereocenters. The van der Waals surface area contributed by atoms with Gasteiger partial charge in [0.2, 0.25) is 5.91 Å². The minimum Gasteiger partial charge on any atom is -0.492 e. The summed E-state index contributed by atoms with van der Waals surface area (Å²) in [5.41, 5.74) is 2.30. The van der Waals surface area contributed by atoms with E-state index in [-0.39, 0.29) is 17.9 Å². The van der Waals surface area contributed by atoms with Crippen LogP contribution in [0.3, 0.4) is 0 Å². The minimum absolute atomic E-state index is 0.0696. The number of amides is 1. The number of benzene rings is 1. The third kappa shape index (κ3) is 2.90. The average Bonchev–Trinajstić information content (AvgIpc) is 3.23. The van der Waals surface area contributed by atoms with E-state index in [1.807, 2.05) is 42.2 Å². The van der Waals surface area contributed by atoms with Crippen LogP contribution < -0.4 is 4.74 Å². The van der Waals surface area contributed by atoms with Gasteiger partial charge in [0.05, 0.1) is 24.7 Å². The van der Waals surface area contributed by atoms with E-state index >= 15 is 0 Å². The molecule has 24 heavy (non-hydrogen) atoms. The Kier molecular flexibility index (Phi) is 4.00. The van der Waals surface area contributed by atoms with Gasteiger partial charge in [-0.25, -0.2) is 0 Å². The lowest BCUT2D eigenvalue weighted by Crippen LogP contribution is -2.44. The summed E-state index contributed by atoms with van der Waals surface area (Å²) in [6.07, 6.45) is 6.81. The summed E-state index contributed by atoms with van der Waals surface area (Å²) in [5, 5.41) is 4.37. The summed E-state index contributed by atoms with van der Waals surface area (Å²) in [6, 6.07) is 8.27. The number of likely N-dealkylation sites (tertiary alicyclic amines) is 1. The zero-order valence-corrected chi connectivity index (χ0v) is 14.0. The van der Waals surface area contributed by atoms with Gasteiger partial charge in [0.15, 0.2) is 0 Å². The van der Waals surface area contributed by atoms with E-state index in [1.54, 1.807) is 0 Å². The van der Waals surface area contributed by atoms with Crippen LogP contribution in [0.1, 0.15) is 24.0 Å². The van der Waals surface area contributed by atoms with Crippen molar-refractivity contribution < 1.29 is 9.53 Å². The molecular formula is C19H23N3O2. The fourth-order valence-electron chi connectivity index (χ4n) is 3.82. The van der Waals surface area contributed by atoms with Gasteiger partial charge in [-0.05, 0) is 43.4 Å². The lowest BCUT2D eigenvalue weighted by atomic mass is 9.95. The van der Waals surface area contributed by atoms with Crippen molar-refractivity contribution in [1.29, 1.82) is 0 Å². The Morgan fingerprint density at radius 1 is 1.38 bits per heavy atom. The quantitative estimate of drug-likeness (QED) is 0.871. The number of fused-ring (bicyclic) bond motifs is 1. The van der Waals surface area contributed by atoms with E-state index in [2.05, 4.69) is 16.1 Å². The number of carbonyl (C=O) groups is 1. The van der Waals surface area contributed by atoms with Crippen molar-refractivity contribution in [2.24, 2.45) is 5.92 Å². The maximum Gasteiger partial charge on any atom is 0.229 e. The second-order valence-electron chi connectivity index (χ2n) is 6.89. The molecule has 126 valence electrons. The number of aromatic nitrogens is 2. The molecule has 0 saturated carbocycles. The van der Waals surface area contributed by atoms with Crippen molar-refractivity contribution in [2.75, 3.05) is 13.2 Å². The third-order valence-electron chi connectivity index (χ3n) is 5.05. The van der Waals surface area contributed by atoms with Crippen LogP contribution in [-0.4, -0.2) is 39.8 Å². The Balaban J connectivity index is 1.45. The molecule has 1 fully saturated rings. The first-order valence-corrected chi connectivity index (χ1v) is 8.71. The molecule has 1 amide bonds. The first-order chi connectivity index (χ1) is 11.7. The highest BCUT2D eigenvalue weighted by Crippen LogP contribution is 2.29. The predicted octanol–water partition coefficient (Wildman–Crippen LogP) is 2.43. The molecule has 1 aromatic heterocycles. The number of aryl methyl sites for hydroxylation is 1. The molecule has 5 nitrogen and oxygen atoms in total. The van der Waals surface area contributed by atoms with Gasteiger partial charge in [-0.3, -0.25) is 9.48 Å². The van der Waals surface area contributed by atoms with Crippen LogP contribution in [0.2, 0.25) is 0 Å². The molecule has 2 aliphatic rings. The zero-order chi connectivity index (χ0) is 16.5. The molecule has 0 bridgehead atoms. The first kappa shape index (κ1) is 15.2. The van der Waals surface area contributed by atoms with E-state index in [0.29, 0.717) is 6.61 Å². The Labute approximate surface area is 142 Å². The third-order valence-corrected chi connectivity index (χ3v) is 5.05. The SMILES string of the molecule is Cc1cnn(C[C@@H]2CCCN2C(=O)[C@@H]2COc3ccccc3C2)c1. The Morgan fingerprint density at radius 2 is 2.25 bits per heavy atom. The molecule has 1 aromatic carbocycles. The molecule has 0 radical (unpaired) electrons. The van der Waals surface area contributed by atoms with Crippen molar-refractivity contribution in [1.82, 2.24) is 14.7 Å². The highest BCUT2D eigenvalue weighted by atomic mass is 16.5. The molecule has 0 N–H and O–H groups in total. The van der Waals surface area contributed by atoms with Gasteiger partial charge in [-0.2, -0.15) is 5.10 Å². The molecule has 2 aromatic rings. The van der Waals surface area contributed by atoms with E-state index in [9.17, 15) is 4.79 Å². The Bertz CT molecular complexity index is 740. The number of para-hydroxylation sites is 1. The molecule has 0 aliphatic carbocycles. The topological polar surface area (TPSA) is 47.4 Å². The minimum atomic E-state index is -0.0696. The summed E-state index contributed by atoms with van der Waals surface area (Å²) in [4.78, 5) is 15.1. The largest absolute Gasteiger partial charge is 0.492 e. The zero-order valence-electron chi connectivity index (χ0n) is 14.0. The fourth-order valence-corrected chi connectivity index (χ4v) is 3.82. The second kappa shape index (κ2) is 6.30. The van der Waals surface area contributed by atoms with Gasteiger partial charge in [0, 0.05) is 12.7 Å². The number of carbonyl (C=O) groups excluding carboxylic acids is 1. The van der Waals surface area contributed by atoms with Gasteiger partial charge in [0.1, 0.15) is 12.4 Å². The average molecular weight is 325 g/mol. The smallest absolute Gasteiger partial charge is 0.229 e. The maximum atomic E-state index is 13.0. The number of hydrogen-bond donors (Lipinski definition) is 0. The highest BCUT2D eigenvalue weighted by molar-refractivity contribution is 5.80. The van der Waals surface area contributed by atoms with Crippen LogP contribution in [0, 0.1) is 12.8 Å². The van der Waals surface area contributed by atoms with Crippen molar-refractivity contribution in [3.8, 4) is 5.75 Å². The summed E-state index contributed by atoms with van der Waals surface area (Å²) >= 11 is 0. The lowest BCUT2D eigenvalue weighted by molar-refractivity contribution is -0.138. The van der Waals surface area contributed by atoms with Crippen molar-refractivity contribution in [2.45, 2.75) is 38.8 Å². The van der Waals surface area contributed by atoms with Crippen LogP contribution in [0.15, 0.2) is 36.7 Å². The van der Waals surface area contributed by atoms with E-state index in [0.717, 1.165) is 49.2 Å². The predicted molar refractivity (Wildman–Crippen MR) is 90.8 cm³/mol. The van der Waals surface area contributed by atoms with Crippen LogP contribution in [0.4, 0.5) is 0 Å². The van der Waals surface area contributed by atoms with Gasteiger partial charge < -0.3 is 9.64 Å². The highest BCUT2D eigenvalue weighted by Gasteiger charge is 2.35.